The van der Waals surface area contributed by atoms with Gasteiger partial charge >= 0.3 is 0 Å². The smallest absolute Gasteiger partial charge is 0.252 e. The maximum absolute atomic E-state index is 12.2. The van der Waals surface area contributed by atoms with Gasteiger partial charge in [-0.25, -0.2) is 0 Å². The number of fused-ring (bicyclic) bond motifs is 2. The van der Waals surface area contributed by atoms with Crippen molar-refractivity contribution in [2.24, 2.45) is 10.7 Å². The van der Waals surface area contributed by atoms with E-state index in [1.165, 1.54) is 6.20 Å². The molecule has 4 rings (SSSR count). The fourth-order valence-electron chi connectivity index (χ4n) is 3.65. The number of aromatic nitrogens is 1. The molecule has 30 heavy (non-hydrogen) atoms. The van der Waals surface area contributed by atoms with Gasteiger partial charge < -0.3 is 20.5 Å². The lowest BCUT2D eigenvalue weighted by Gasteiger charge is -2.20. The number of carbonyl (C=O) groups is 1. The van der Waals surface area contributed by atoms with Gasteiger partial charge in [0.05, 0.1) is 30.0 Å². The van der Waals surface area contributed by atoms with Crippen molar-refractivity contribution in [2.75, 3.05) is 25.1 Å². The van der Waals surface area contributed by atoms with E-state index in [9.17, 15) is 4.79 Å². The molecule has 154 valence electrons. The number of nitrogens with zero attached hydrogens (tertiary/aromatic N) is 2. The second-order valence-corrected chi connectivity index (χ2v) is 6.88. The Kier molecular flexibility index (Phi) is 5.52. The van der Waals surface area contributed by atoms with Gasteiger partial charge in [-0.15, -0.1) is 0 Å². The van der Waals surface area contributed by atoms with Crippen molar-refractivity contribution < 1.29 is 14.3 Å². The van der Waals surface area contributed by atoms with Crippen LogP contribution in [0.25, 0.3) is 10.9 Å². The standard InChI is InChI=1S/C23H24N4O3/c1-3-29-20-10-16-19(11-21(20)30-4-2)26-13-17(23(24)28)22(16)27-18-7-5-6-14-12-25-9-8-15(14)18/h5-7,10-13H,3-4,8-9H2,1-2H3,(H2,24,28)(H,26,27). The number of rotatable bonds is 7. The first kappa shape index (κ1) is 19.7. The number of hydrogen-bond acceptors (Lipinski definition) is 6. The molecule has 0 spiro atoms. The fraction of sp³-hybridized carbons (Fsp3) is 0.261. The summed E-state index contributed by atoms with van der Waals surface area (Å²) in [5, 5.41) is 4.18. The van der Waals surface area contributed by atoms with Crippen LogP contribution in [0.2, 0.25) is 0 Å². The Morgan fingerprint density at radius 2 is 1.93 bits per heavy atom. The van der Waals surface area contributed by atoms with Crippen LogP contribution >= 0.6 is 0 Å². The topological polar surface area (TPSA) is 98.8 Å². The molecule has 0 radical (unpaired) electrons. The molecule has 1 aliphatic rings. The van der Waals surface area contributed by atoms with Crippen molar-refractivity contribution in [2.45, 2.75) is 20.3 Å². The van der Waals surface area contributed by atoms with E-state index in [-0.39, 0.29) is 0 Å². The number of primary amides is 1. The summed E-state index contributed by atoms with van der Waals surface area (Å²) < 4.78 is 11.5. The predicted molar refractivity (Wildman–Crippen MR) is 118 cm³/mol. The minimum Gasteiger partial charge on any atom is -0.490 e. The molecule has 1 amide bonds. The molecule has 2 heterocycles. The van der Waals surface area contributed by atoms with Crippen LogP contribution in [0.1, 0.15) is 35.3 Å². The zero-order chi connectivity index (χ0) is 21.1. The zero-order valence-corrected chi connectivity index (χ0v) is 17.1. The minimum absolute atomic E-state index is 0.316. The van der Waals surface area contributed by atoms with E-state index in [2.05, 4.69) is 15.3 Å². The van der Waals surface area contributed by atoms with E-state index in [1.807, 2.05) is 50.4 Å². The zero-order valence-electron chi connectivity index (χ0n) is 17.1. The molecule has 0 atom stereocenters. The lowest BCUT2D eigenvalue weighted by atomic mass is 10.00. The van der Waals surface area contributed by atoms with Crippen molar-refractivity contribution in [3.63, 3.8) is 0 Å². The third-order valence-electron chi connectivity index (χ3n) is 4.99. The Morgan fingerprint density at radius 3 is 2.67 bits per heavy atom. The number of aliphatic imine (C=N–C) groups is 1. The van der Waals surface area contributed by atoms with Crippen LogP contribution in [-0.2, 0) is 6.42 Å². The monoisotopic (exact) mass is 404 g/mol. The van der Waals surface area contributed by atoms with E-state index >= 15 is 0 Å². The summed E-state index contributed by atoms with van der Waals surface area (Å²) in [5.41, 5.74) is 10.4. The van der Waals surface area contributed by atoms with Gasteiger partial charge in [0.1, 0.15) is 0 Å². The van der Waals surface area contributed by atoms with E-state index in [0.717, 1.165) is 35.2 Å². The fourth-order valence-corrected chi connectivity index (χ4v) is 3.65. The molecule has 1 aromatic heterocycles. The van der Waals surface area contributed by atoms with Gasteiger partial charge in [-0.2, -0.15) is 0 Å². The summed E-state index contributed by atoms with van der Waals surface area (Å²) in [6, 6.07) is 9.66. The van der Waals surface area contributed by atoms with Crippen LogP contribution in [0.3, 0.4) is 0 Å². The third-order valence-corrected chi connectivity index (χ3v) is 4.99. The van der Waals surface area contributed by atoms with E-state index in [0.29, 0.717) is 41.5 Å². The van der Waals surface area contributed by atoms with Crippen molar-refractivity contribution in [3.05, 3.63) is 53.2 Å². The van der Waals surface area contributed by atoms with E-state index < -0.39 is 5.91 Å². The Labute approximate surface area is 174 Å². The maximum Gasteiger partial charge on any atom is 0.252 e. The first-order valence-corrected chi connectivity index (χ1v) is 10.0. The molecule has 7 heteroatoms. The second-order valence-electron chi connectivity index (χ2n) is 6.88. The number of anilines is 2. The average molecular weight is 404 g/mol. The number of amides is 1. The van der Waals surface area contributed by atoms with Crippen molar-refractivity contribution in [3.8, 4) is 11.5 Å². The number of hydrogen-bond donors (Lipinski definition) is 2. The molecule has 3 N–H and O–H groups in total. The first-order chi connectivity index (χ1) is 14.6. The molecular weight excluding hydrogens is 380 g/mol. The van der Waals surface area contributed by atoms with Crippen molar-refractivity contribution in [1.82, 2.24) is 4.98 Å². The highest BCUT2D eigenvalue weighted by Gasteiger charge is 2.19. The summed E-state index contributed by atoms with van der Waals surface area (Å²) >= 11 is 0. The molecule has 0 saturated carbocycles. The molecular formula is C23H24N4O3. The number of pyridine rings is 1. The quantitative estimate of drug-likeness (QED) is 0.623. The predicted octanol–water partition coefficient (Wildman–Crippen LogP) is 3.85. The number of nitrogens with two attached hydrogens (primary N) is 1. The molecule has 2 aromatic carbocycles. The lowest BCUT2D eigenvalue weighted by molar-refractivity contribution is 0.100. The highest BCUT2D eigenvalue weighted by Crippen LogP contribution is 2.38. The third kappa shape index (κ3) is 3.66. The number of benzene rings is 2. The molecule has 0 aliphatic carbocycles. The van der Waals surface area contributed by atoms with Crippen LogP contribution < -0.4 is 20.5 Å². The Bertz CT molecular complexity index is 1140. The van der Waals surface area contributed by atoms with Crippen molar-refractivity contribution in [1.29, 1.82) is 0 Å². The molecule has 3 aromatic rings. The van der Waals surface area contributed by atoms with Crippen LogP contribution in [0.15, 0.2) is 41.5 Å². The Morgan fingerprint density at radius 1 is 1.17 bits per heavy atom. The summed E-state index contributed by atoms with van der Waals surface area (Å²) in [6.07, 6.45) is 4.20. The average Bonchev–Trinajstić information content (AvgIpc) is 2.75. The Balaban J connectivity index is 1.91. The van der Waals surface area contributed by atoms with Gasteiger partial charge in [0.15, 0.2) is 11.5 Å². The maximum atomic E-state index is 12.2. The van der Waals surface area contributed by atoms with Crippen LogP contribution in [-0.4, -0.2) is 36.9 Å². The number of carbonyl (C=O) groups excluding carboxylic acids is 1. The van der Waals surface area contributed by atoms with Crippen LogP contribution in [0, 0.1) is 0 Å². The summed E-state index contributed by atoms with van der Waals surface area (Å²) in [7, 11) is 0. The van der Waals surface area contributed by atoms with E-state index in [1.54, 1.807) is 0 Å². The largest absolute Gasteiger partial charge is 0.490 e. The first-order valence-electron chi connectivity index (χ1n) is 10.0. The molecule has 0 bridgehead atoms. The van der Waals surface area contributed by atoms with Crippen LogP contribution in [0.4, 0.5) is 11.4 Å². The van der Waals surface area contributed by atoms with E-state index in [4.69, 9.17) is 15.2 Å². The van der Waals surface area contributed by atoms with Gasteiger partial charge in [0.25, 0.3) is 5.91 Å². The normalized spacial score (nSPS) is 12.5. The van der Waals surface area contributed by atoms with Crippen LogP contribution in [0.5, 0.6) is 11.5 Å². The molecule has 1 aliphatic heterocycles. The highest BCUT2D eigenvalue weighted by molar-refractivity contribution is 6.08. The summed E-state index contributed by atoms with van der Waals surface area (Å²) in [6.45, 7) is 5.56. The van der Waals surface area contributed by atoms with Gasteiger partial charge in [-0.1, -0.05) is 12.1 Å². The molecule has 0 fully saturated rings. The number of ether oxygens (including phenoxy) is 2. The van der Waals surface area contributed by atoms with Crippen molar-refractivity contribution >= 4 is 34.4 Å². The molecule has 0 unspecified atom stereocenters. The van der Waals surface area contributed by atoms with Gasteiger partial charge in [-0.05, 0) is 43.5 Å². The SMILES string of the molecule is CCOc1cc2ncc(C(N)=O)c(Nc3cccc4c3CCN=C4)c2cc1OCC. The minimum atomic E-state index is -0.551. The Hall–Kier alpha value is -3.61. The summed E-state index contributed by atoms with van der Waals surface area (Å²) in [4.78, 5) is 21.0. The van der Waals surface area contributed by atoms with Gasteiger partial charge in [-0.3, -0.25) is 14.8 Å². The summed E-state index contributed by atoms with van der Waals surface area (Å²) in [5.74, 6) is 0.663. The second kappa shape index (κ2) is 8.41. The highest BCUT2D eigenvalue weighted by atomic mass is 16.5. The van der Waals surface area contributed by atoms with Gasteiger partial charge in [0.2, 0.25) is 0 Å². The molecule has 7 nitrogen and oxygen atoms in total. The van der Waals surface area contributed by atoms with Gasteiger partial charge in [0, 0.05) is 36.1 Å². The number of nitrogens with one attached hydrogen (secondary N) is 1. The lowest BCUT2D eigenvalue weighted by Crippen LogP contribution is -2.15. The molecule has 0 saturated heterocycles.